The zero-order chi connectivity index (χ0) is 21.8. The molecule has 1 aliphatic rings. The molecular weight excluding hydrogens is 622 g/mol. The predicted octanol–water partition coefficient (Wildman–Crippen LogP) is 6.56. The molecule has 0 bridgehead atoms. The molecule has 0 aliphatic carbocycles. The average Bonchev–Trinajstić information content (AvgIpc) is 2.96. The predicted molar refractivity (Wildman–Crippen MR) is 143 cm³/mol. The van der Waals surface area contributed by atoms with Gasteiger partial charge in [-0.05, 0) is 114 Å². The first-order valence-electron chi connectivity index (χ1n) is 9.73. The lowest BCUT2D eigenvalue weighted by Gasteiger charge is -2.20. The van der Waals surface area contributed by atoms with Gasteiger partial charge in [-0.3, -0.25) is 14.7 Å². The summed E-state index contributed by atoms with van der Waals surface area (Å²) in [5, 5.41) is 0.781. The van der Waals surface area contributed by atoms with Crippen molar-refractivity contribution in [3.63, 3.8) is 0 Å². The van der Waals surface area contributed by atoms with Crippen molar-refractivity contribution >= 4 is 74.1 Å². The van der Waals surface area contributed by atoms with Crippen LogP contribution in [-0.2, 0) is 11.4 Å². The summed E-state index contributed by atoms with van der Waals surface area (Å²) in [7, 11) is 0. The first kappa shape index (κ1) is 23.6. The number of ether oxygens (including phenoxy) is 1. The van der Waals surface area contributed by atoms with Gasteiger partial charge in [-0.2, -0.15) is 0 Å². The standard InChI is InChI=1S/C23H24I2N2O2S/c1-14(2)26-23-27(15(3)4)22(28)20(30-23)12-17-10-18(24)21(19(25)11-17)29-13-16-8-6-5-7-9-16/h5-12,14-15H,13H2,1-4H3/b20-12+,26-23?. The van der Waals surface area contributed by atoms with E-state index in [1.165, 1.54) is 11.8 Å². The average molecular weight is 646 g/mol. The third-order valence-corrected chi connectivity index (χ3v) is 6.87. The van der Waals surface area contributed by atoms with Crippen LogP contribution in [0.4, 0.5) is 0 Å². The molecule has 0 saturated carbocycles. The van der Waals surface area contributed by atoms with Crippen LogP contribution in [0.5, 0.6) is 5.75 Å². The van der Waals surface area contributed by atoms with E-state index in [-0.39, 0.29) is 18.0 Å². The molecule has 30 heavy (non-hydrogen) atoms. The Hall–Kier alpha value is -1.07. The minimum absolute atomic E-state index is 0.0174. The Kier molecular flexibility index (Phi) is 8.25. The first-order valence-corrected chi connectivity index (χ1v) is 12.7. The molecule has 0 unspecified atom stereocenters. The number of thioether (sulfide) groups is 1. The third kappa shape index (κ3) is 5.79. The van der Waals surface area contributed by atoms with Crippen molar-refractivity contribution < 1.29 is 9.53 Å². The fraction of sp³-hybridized carbons (Fsp3) is 0.304. The second-order valence-electron chi connectivity index (χ2n) is 7.47. The highest BCUT2D eigenvalue weighted by atomic mass is 127. The highest BCUT2D eigenvalue weighted by Crippen LogP contribution is 2.36. The monoisotopic (exact) mass is 646 g/mol. The van der Waals surface area contributed by atoms with Crippen LogP contribution < -0.4 is 4.74 Å². The van der Waals surface area contributed by atoms with E-state index >= 15 is 0 Å². The molecule has 3 rings (SSSR count). The molecule has 0 N–H and O–H groups in total. The number of hydrogen-bond donors (Lipinski definition) is 0. The van der Waals surface area contributed by atoms with E-state index in [2.05, 4.69) is 74.4 Å². The summed E-state index contributed by atoms with van der Waals surface area (Å²) in [5.41, 5.74) is 2.12. The number of carbonyl (C=O) groups excluding carboxylic acids is 1. The molecule has 1 heterocycles. The molecule has 2 aromatic carbocycles. The molecule has 0 atom stereocenters. The molecule has 1 saturated heterocycles. The maximum Gasteiger partial charge on any atom is 0.266 e. The minimum Gasteiger partial charge on any atom is -0.487 e. The second kappa shape index (κ2) is 10.5. The Bertz CT molecular complexity index is 965. The molecule has 0 aromatic heterocycles. The van der Waals surface area contributed by atoms with Gasteiger partial charge in [0.05, 0.1) is 12.0 Å². The van der Waals surface area contributed by atoms with Gasteiger partial charge < -0.3 is 4.74 Å². The van der Waals surface area contributed by atoms with E-state index < -0.39 is 0 Å². The molecule has 2 aromatic rings. The topological polar surface area (TPSA) is 41.9 Å². The van der Waals surface area contributed by atoms with Crippen LogP contribution in [-0.4, -0.2) is 28.1 Å². The first-order chi connectivity index (χ1) is 14.3. The zero-order valence-corrected chi connectivity index (χ0v) is 22.5. The summed E-state index contributed by atoms with van der Waals surface area (Å²) in [4.78, 5) is 20.1. The SMILES string of the molecule is CC(C)N=C1S/C(=C/c2cc(I)c(OCc3ccccc3)c(I)c2)C(=O)N1C(C)C. The van der Waals surface area contributed by atoms with Crippen molar-refractivity contribution in [3.8, 4) is 5.75 Å². The van der Waals surface area contributed by atoms with Gasteiger partial charge in [0.15, 0.2) is 5.17 Å². The fourth-order valence-electron chi connectivity index (χ4n) is 2.93. The van der Waals surface area contributed by atoms with Crippen molar-refractivity contribution in [2.45, 2.75) is 46.4 Å². The number of halogens is 2. The summed E-state index contributed by atoms with van der Waals surface area (Å²) in [6, 6.07) is 14.5. The van der Waals surface area contributed by atoms with Crippen LogP contribution in [0.2, 0.25) is 0 Å². The van der Waals surface area contributed by atoms with E-state index in [4.69, 9.17) is 4.74 Å². The number of amidine groups is 1. The van der Waals surface area contributed by atoms with Crippen LogP contribution in [0.3, 0.4) is 0 Å². The number of aliphatic imine (C=N–C) groups is 1. The smallest absolute Gasteiger partial charge is 0.266 e. The minimum atomic E-state index is 0.0174. The van der Waals surface area contributed by atoms with Gasteiger partial charge in [0, 0.05) is 12.1 Å². The van der Waals surface area contributed by atoms with Gasteiger partial charge in [-0.15, -0.1) is 0 Å². The number of benzene rings is 2. The van der Waals surface area contributed by atoms with Gasteiger partial charge in [0.2, 0.25) is 0 Å². The maximum absolute atomic E-state index is 13.0. The van der Waals surface area contributed by atoms with Crippen molar-refractivity contribution in [3.05, 3.63) is 65.6 Å². The Morgan fingerprint density at radius 2 is 1.73 bits per heavy atom. The van der Waals surface area contributed by atoms with E-state index in [9.17, 15) is 4.79 Å². The maximum atomic E-state index is 13.0. The Morgan fingerprint density at radius 1 is 1.10 bits per heavy atom. The van der Waals surface area contributed by atoms with Crippen LogP contribution in [0.25, 0.3) is 6.08 Å². The zero-order valence-electron chi connectivity index (χ0n) is 17.4. The normalized spacial score (nSPS) is 17.1. The Labute approximate surface area is 209 Å². The van der Waals surface area contributed by atoms with E-state index in [0.29, 0.717) is 11.5 Å². The molecule has 1 fully saturated rings. The lowest BCUT2D eigenvalue weighted by atomic mass is 10.2. The lowest BCUT2D eigenvalue weighted by Crippen LogP contribution is -2.35. The van der Waals surface area contributed by atoms with Gasteiger partial charge in [-0.25, -0.2) is 0 Å². The Balaban J connectivity index is 1.84. The summed E-state index contributed by atoms with van der Waals surface area (Å²) >= 11 is 6.05. The van der Waals surface area contributed by atoms with Crippen molar-refractivity contribution in [1.82, 2.24) is 4.90 Å². The van der Waals surface area contributed by atoms with E-state index in [0.717, 1.165) is 29.2 Å². The molecular formula is C23H24I2N2O2S. The van der Waals surface area contributed by atoms with Crippen LogP contribution >= 0.6 is 56.9 Å². The summed E-state index contributed by atoms with van der Waals surface area (Å²) in [6.45, 7) is 8.61. The van der Waals surface area contributed by atoms with Gasteiger partial charge in [0.1, 0.15) is 12.4 Å². The van der Waals surface area contributed by atoms with Crippen molar-refractivity contribution in [2.24, 2.45) is 4.99 Å². The number of amides is 1. The largest absolute Gasteiger partial charge is 0.487 e. The molecule has 0 radical (unpaired) electrons. The highest BCUT2D eigenvalue weighted by Gasteiger charge is 2.35. The van der Waals surface area contributed by atoms with Crippen LogP contribution in [0.1, 0.15) is 38.8 Å². The van der Waals surface area contributed by atoms with Crippen molar-refractivity contribution in [2.75, 3.05) is 0 Å². The van der Waals surface area contributed by atoms with Gasteiger partial charge in [0.25, 0.3) is 5.91 Å². The van der Waals surface area contributed by atoms with E-state index in [1.54, 1.807) is 4.90 Å². The molecule has 1 aliphatic heterocycles. The summed E-state index contributed by atoms with van der Waals surface area (Å²) < 4.78 is 8.12. The van der Waals surface area contributed by atoms with Gasteiger partial charge in [-0.1, -0.05) is 30.3 Å². The highest BCUT2D eigenvalue weighted by molar-refractivity contribution is 14.1. The Morgan fingerprint density at radius 3 is 2.30 bits per heavy atom. The van der Waals surface area contributed by atoms with Crippen molar-refractivity contribution in [1.29, 1.82) is 0 Å². The lowest BCUT2D eigenvalue weighted by molar-refractivity contribution is -0.123. The molecule has 7 heteroatoms. The van der Waals surface area contributed by atoms with Gasteiger partial charge >= 0.3 is 0 Å². The number of hydrogen-bond acceptors (Lipinski definition) is 4. The molecule has 0 spiro atoms. The molecule has 1 amide bonds. The van der Waals surface area contributed by atoms with Crippen LogP contribution in [0, 0.1) is 7.14 Å². The number of carbonyl (C=O) groups is 1. The quantitative estimate of drug-likeness (QED) is 0.264. The molecule has 158 valence electrons. The van der Waals surface area contributed by atoms with E-state index in [1.807, 2.05) is 52.0 Å². The van der Waals surface area contributed by atoms with Crippen LogP contribution in [0.15, 0.2) is 52.4 Å². The third-order valence-electron chi connectivity index (χ3n) is 4.27. The number of nitrogens with zero attached hydrogens (tertiary/aromatic N) is 2. The fourth-order valence-corrected chi connectivity index (χ4v) is 6.30. The second-order valence-corrected chi connectivity index (χ2v) is 10.8. The number of rotatable bonds is 6. The molecule has 4 nitrogen and oxygen atoms in total. The summed E-state index contributed by atoms with van der Waals surface area (Å²) in [6.07, 6.45) is 1.95. The summed E-state index contributed by atoms with van der Waals surface area (Å²) in [5.74, 6) is 0.891.